The maximum absolute atomic E-state index is 11.4. The van der Waals surface area contributed by atoms with Gasteiger partial charge in [-0.3, -0.25) is 9.69 Å². The zero-order chi connectivity index (χ0) is 10.6. The monoisotopic (exact) mass is 203 g/mol. The van der Waals surface area contributed by atoms with Crippen molar-refractivity contribution in [2.45, 2.75) is 11.8 Å². The highest BCUT2D eigenvalue weighted by atomic mass is 16.4. The molecular weight excluding hydrogens is 194 g/mol. The van der Waals surface area contributed by atoms with Crippen molar-refractivity contribution in [1.29, 1.82) is 0 Å². The summed E-state index contributed by atoms with van der Waals surface area (Å²) in [5.41, 5.74) is 1.03. The Morgan fingerprint density at radius 3 is 2.67 bits per heavy atom. The number of ketones is 1. The Bertz CT molecular complexity index is 482. The van der Waals surface area contributed by atoms with Crippen molar-refractivity contribution in [1.82, 2.24) is 0 Å². The SMILES string of the molecule is O=C(O)N1CC2(CC2=O)c2ccccc21. The van der Waals surface area contributed by atoms with Crippen molar-refractivity contribution < 1.29 is 14.7 Å². The number of carbonyl (C=O) groups is 2. The number of carbonyl (C=O) groups excluding carboxylic acids is 1. The number of amides is 1. The zero-order valence-corrected chi connectivity index (χ0v) is 7.93. The summed E-state index contributed by atoms with van der Waals surface area (Å²) < 4.78 is 0. The number of hydrogen-bond donors (Lipinski definition) is 1. The molecule has 3 rings (SSSR count). The Morgan fingerprint density at radius 2 is 2.07 bits per heavy atom. The molecule has 0 saturated heterocycles. The van der Waals surface area contributed by atoms with Gasteiger partial charge in [-0.05, 0) is 11.6 Å². The van der Waals surface area contributed by atoms with Crippen LogP contribution in [0.4, 0.5) is 10.5 Å². The molecule has 1 N–H and O–H groups in total. The Balaban J connectivity index is 2.17. The van der Waals surface area contributed by atoms with Gasteiger partial charge in [-0.15, -0.1) is 0 Å². The summed E-state index contributed by atoms with van der Waals surface area (Å²) in [4.78, 5) is 23.7. The molecule has 0 aromatic heterocycles. The van der Waals surface area contributed by atoms with Gasteiger partial charge in [-0.25, -0.2) is 4.79 Å². The summed E-state index contributed by atoms with van der Waals surface area (Å²) in [5, 5.41) is 9.02. The molecule has 0 radical (unpaired) electrons. The van der Waals surface area contributed by atoms with Crippen LogP contribution in [-0.2, 0) is 10.2 Å². The summed E-state index contributed by atoms with van der Waals surface area (Å²) in [7, 11) is 0. The fraction of sp³-hybridized carbons (Fsp3) is 0.273. The normalized spacial score (nSPS) is 26.9. The first-order valence-electron chi connectivity index (χ1n) is 4.78. The highest BCUT2D eigenvalue weighted by Crippen LogP contribution is 2.53. The van der Waals surface area contributed by atoms with Crippen LogP contribution in [0.25, 0.3) is 0 Å². The van der Waals surface area contributed by atoms with Crippen LogP contribution in [0.5, 0.6) is 0 Å². The Hall–Kier alpha value is -1.84. The van der Waals surface area contributed by atoms with Crippen molar-refractivity contribution in [2.24, 2.45) is 0 Å². The molecule has 4 heteroatoms. The molecule has 76 valence electrons. The number of rotatable bonds is 0. The van der Waals surface area contributed by atoms with E-state index in [9.17, 15) is 9.59 Å². The average Bonchev–Trinajstić information content (AvgIpc) is 2.72. The lowest BCUT2D eigenvalue weighted by atomic mass is 9.99. The topological polar surface area (TPSA) is 57.6 Å². The molecule has 2 aliphatic rings. The number of fused-ring (bicyclic) bond motifs is 2. The summed E-state index contributed by atoms with van der Waals surface area (Å²) in [5.74, 6) is 0.152. The van der Waals surface area contributed by atoms with Crippen molar-refractivity contribution in [3.05, 3.63) is 29.8 Å². The first-order valence-corrected chi connectivity index (χ1v) is 4.78. The minimum Gasteiger partial charge on any atom is -0.465 e. The molecule has 1 saturated carbocycles. The van der Waals surface area contributed by atoms with Gasteiger partial charge in [-0.2, -0.15) is 0 Å². The number of Topliss-reactive ketones (excluding diaryl/α,β-unsaturated/α-hetero) is 1. The number of carboxylic acid groups (broad SMARTS) is 1. The van der Waals surface area contributed by atoms with Gasteiger partial charge in [0.05, 0.1) is 11.1 Å². The smallest absolute Gasteiger partial charge is 0.411 e. The van der Waals surface area contributed by atoms with E-state index < -0.39 is 11.5 Å². The minimum atomic E-state index is -0.987. The molecule has 1 aliphatic carbocycles. The highest BCUT2D eigenvalue weighted by molar-refractivity contribution is 6.12. The number of benzene rings is 1. The van der Waals surface area contributed by atoms with Gasteiger partial charge in [0.2, 0.25) is 0 Å². The molecule has 0 bridgehead atoms. The molecule has 1 unspecified atom stereocenters. The third kappa shape index (κ3) is 0.909. The van der Waals surface area contributed by atoms with Gasteiger partial charge in [0, 0.05) is 13.0 Å². The van der Waals surface area contributed by atoms with E-state index in [2.05, 4.69) is 0 Å². The number of hydrogen-bond acceptors (Lipinski definition) is 2. The fourth-order valence-electron chi connectivity index (χ4n) is 2.34. The van der Waals surface area contributed by atoms with Crippen LogP contribution >= 0.6 is 0 Å². The van der Waals surface area contributed by atoms with E-state index in [-0.39, 0.29) is 5.78 Å². The first kappa shape index (κ1) is 8.47. The summed E-state index contributed by atoms with van der Waals surface area (Å²) >= 11 is 0. The summed E-state index contributed by atoms with van der Waals surface area (Å²) in [6.07, 6.45) is -0.507. The van der Waals surface area contributed by atoms with Crippen LogP contribution in [0.2, 0.25) is 0 Å². The fourth-order valence-corrected chi connectivity index (χ4v) is 2.34. The van der Waals surface area contributed by atoms with Gasteiger partial charge in [-0.1, -0.05) is 18.2 Å². The molecule has 1 aliphatic heterocycles. The lowest BCUT2D eigenvalue weighted by molar-refractivity contribution is -0.111. The predicted octanol–water partition coefficient (Wildman–Crippen LogP) is 1.40. The molecule has 1 fully saturated rings. The Morgan fingerprint density at radius 1 is 1.40 bits per heavy atom. The molecule has 1 aromatic carbocycles. The Labute approximate surface area is 86.1 Å². The first-order chi connectivity index (χ1) is 7.15. The van der Waals surface area contributed by atoms with E-state index in [1.807, 2.05) is 12.1 Å². The minimum absolute atomic E-state index is 0.152. The largest absolute Gasteiger partial charge is 0.465 e. The standard InChI is InChI=1S/C11H9NO3/c13-9-5-11(9)6-12(10(14)15)8-4-2-1-3-7(8)11/h1-4H,5-6H2,(H,14,15). The molecule has 4 nitrogen and oxygen atoms in total. The quantitative estimate of drug-likeness (QED) is 0.693. The van der Waals surface area contributed by atoms with Crippen LogP contribution in [0, 0.1) is 0 Å². The van der Waals surface area contributed by atoms with Crippen LogP contribution < -0.4 is 4.90 Å². The number of para-hydroxylation sites is 1. The molecule has 1 heterocycles. The average molecular weight is 203 g/mol. The third-order valence-electron chi connectivity index (χ3n) is 3.24. The van der Waals surface area contributed by atoms with Gasteiger partial charge >= 0.3 is 6.09 Å². The zero-order valence-electron chi connectivity index (χ0n) is 7.93. The van der Waals surface area contributed by atoms with E-state index in [0.717, 1.165) is 5.56 Å². The van der Waals surface area contributed by atoms with E-state index in [4.69, 9.17) is 5.11 Å². The van der Waals surface area contributed by atoms with Crippen molar-refractivity contribution in [2.75, 3.05) is 11.4 Å². The van der Waals surface area contributed by atoms with Gasteiger partial charge < -0.3 is 5.11 Å². The summed E-state index contributed by atoms with van der Waals surface area (Å²) in [6, 6.07) is 7.24. The maximum Gasteiger partial charge on any atom is 0.411 e. The second-order valence-corrected chi connectivity index (χ2v) is 4.07. The molecule has 1 aromatic rings. The van der Waals surface area contributed by atoms with Crippen molar-refractivity contribution in [3.8, 4) is 0 Å². The van der Waals surface area contributed by atoms with E-state index in [0.29, 0.717) is 18.7 Å². The van der Waals surface area contributed by atoms with E-state index in [1.54, 1.807) is 12.1 Å². The van der Waals surface area contributed by atoms with Crippen molar-refractivity contribution in [3.63, 3.8) is 0 Å². The summed E-state index contributed by atoms with van der Waals surface area (Å²) in [6.45, 7) is 0.292. The second kappa shape index (κ2) is 2.39. The number of nitrogens with zero attached hydrogens (tertiary/aromatic N) is 1. The molecule has 1 atom stereocenters. The molecule has 1 spiro atoms. The van der Waals surface area contributed by atoms with Crippen LogP contribution in [0.1, 0.15) is 12.0 Å². The van der Waals surface area contributed by atoms with Crippen molar-refractivity contribution >= 4 is 17.6 Å². The van der Waals surface area contributed by atoms with Crippen LogP contribution in [0.3, 0.4) is 0 Å². The van der Waals surface area contributed by atoms with Gasteiger partial charge in [0.1, 0.15) is 5.78 Å². The van der Waals surface area contributed by atoms with Crippen LogP contribution in [0.15, 0.2) is 24.3 Å². The van der Waals surface area contributed by atoms with E-state index in [1.165, 1.54) is 4.90 Å². The van der Waals surface area contributed by atoms with Crippen LogP contribution in [-0.4, -0.2) is 23.5 Å². The van der Waals surface area contributed by atoms with Gasteiger partial charge in [0.25, 0.3) is 0 Å². The lowest BCUT2D eigenvalue weighted by Gasteiger charge is -2.11. The Kier molecular flexibility index (Phi) is 1.35. The van der Waals surface area contributed by atoms with Gasteiger partial charge in [0.15, 0.2) is 0 Å². The highest BCUT2D eigenvalue weighted by Gasteiger charge is 2.61. The predicted molar refractivity (Wildman–Crippen MR) is 53.1 cm³/mol. The molecule has 15 heavy (non-hydrogen) atoms. The maximum atomic E-state index is 11.4. The second-order valence-electron chi connectivity index (χ2n) is 4.07. The third-order valence-corrected chi connectivity index (χ3v) is 3.24. The van der Waals surface area contributed by atoms with E-state index >= 15 is 0 Å². The molecule has 1 amide bonds. The molecular formula is C11H9NO3. The number of anilines is 1. The lowest BCUT2D eigenvalue weighted by Crippen LogP contribution is -2.30.